The molecular formula is C20H18Br2N2O7. The van der Waals surface area contributed by atoms with Gasteiger partial charge in [-0.25, -0.2) is 0 Å². The van der Waals surface area contributed by atoms with Crippen molar-refractivity contribution < 1.29 is 28.8 Å². The number of likely N-dealkylation sites (tertiary alicyclic amines) is 1. The number of rotatable bonds is 7. The summed E-state index contributed by atoms with van der Waals surface area (Å²) in [5, 5.41) is 10.7. The molecule has 1 heterocycles. The van der Waals surface area contributed by atoms with Gasteiger partial charge in [-0.1, -0.05) is 31.9 Å². The van der Waals surface area contributed by atoms with Crippen molar-refractivity contribution in [3.05, 3.63) is 39.9 Å². The molecule has 2 saturated carbocycles. The summed E-state index contributed by atoms with van der Waals surface area (Å²) in [7, 11) is 0. The topological polar surface area (TPSA) is 124 Å². The highest BCUT2D eigenvalue weighted by molar-refractivity contribution is 9.12. The minimum absolute atomic E-state index is 0.0748. The largest absolute Gasteiger partial charge is 0.457 e. The average Bonchev–Trinajstić information content (AvgIpc) is 3.35. The Morgan fingerprint density at radius 3 is 2.13 bits per heavy atom. The predicted molar refractivity (Wildman–Crippen MR) is 114 cm³/mol. The number of alkyl halides is 2. The van der Waals surface area contributed by atoms with Gasteiger partial charge >= 0.3 is 5.97 Å². The normalized spacial score (nSPS) is 31.1. The van der Waals surface area contributed by atoms with Gasteiger partial charge in [0.05, 0.1) is 23.2 Å². The number of hydrogen-bond acceptors (Lipinski definition) is 7. The van der Waals surface area contributed by atoms with Crippen molar-refractivity contribution in [3.8, 4) is 0 Å². The fraction of sp³-hybridized carbons (Fsp3) is 0.500. The Kier molecular flexibility index (Phi) is 5.99. The third-order valence-electron chi connectivity index (χ3n) is 6.38. The number of hydrogen-bond donors (Lipinski definition) is 0. The molecule has 0 aromatic heterocycles. The molecule has 31 heavy (non-hydrogen) atoms. The molecule has 164 valence electrons. The Morgan fingerprint density at radius 2 is 1.61 bits per heavy atom. The second-order valence-corrected chi connectivity index (χ2v) is 10.1. The zero-order chi connectivity index (χ0) is 22.4. The molecule has 9 nitrogen and oxygen atoms in total. The molecule has 3 fully saturated rings. The highest BCUT2D eigenvalue weighted by Crippen LogP contribution is 2.60. The number of ketones is 1. The molecule has 0 unspecified atom stereocenters. The molecule has 1 aliphatic heterocycles. The summed E-state index contributed by atoms with van der Waals surface area (Å²) < 4.78 is 4.96. The number of carbonyl (C=O) groups is 4. The number of imide groups is 1. The molecule has 0 N–H and O–H groups in total. The van der Waals surface area contributed by atoms with Crippen LogP contribution in [-0.2, 0) is 19.1 Å². The summed E-state index contributed by atoms with van der Waals surface area (Å²) in [6, 6.07) is 4.96. The van der Waals surface area contributed by atoms with E-state index >= 15 is 0 Å². The van der Waals surface area contributed by atoms with E-state index in [1.54, 1.807) is 0 Å². The maximum Gasteiger partial charge on any atom is 0.308 e. The average molecular weight is 558 g/mol. The van der Waals surface area contributed by atoms with E-state index in [4.69, 9.17) is 4.74 Å². The molecule has 4 rings (SSSR count). The van der Waals surface area contributed by atoms with Gasteiger partial charge < -0.3 is 4.74 Å². The van der Waals surface area contributed by atoms with E-state index in [-0.39, 0.29) is 69.4 Å². The summed E-state index contributed by atoms with van der Waals surface area (Å²) in [6.07, 6.45) is 0.633. The molecule has 1 aromatic rings. The van der Waals surface area contributed by atoms with E-state index in [0.717, 1.165) is 11.3 Å². The number of nitrogens with zero attached hydrogens (tertiary/aromatic N) is 2. The monoisotopic (exact) mass is 556 g/mol. The van der Waals surface area contributed by atoms with Gasteiger partial charge in [0.1, 0.15) is 0 Å². The van der Waals surface area contributed by atoms with Crippen LogP contribution in [0.1, 0.15) is 23.2 Å². The van der Waals surface area contributed by atoms with Crippen LogP contribution in [0.3, 0.4) is 0 Å². The van der Waals surface area contributed by atoms with Crippen molar-refractivity contribution in [1.29, 1.82) is 0 Å². The van der Waals surface area contributed by atoms with Crippen molar-refractivity contribution in [2.75, 3.05) is 13.2 Å². The first-order valence-electron chi connectivity index (χ1n) is 9.77. The Balaban J connectivity index is 1.28. The van der Waals surface area contributed by atoms with Gasteiger partial charge in [0.15, 0.2) is 12.4 Å². The quantitative estimate of drug-likeness (QED) is 0.126. The van der Waals surface area contributed by atoms with Gasteiger partial charge in [-0.2, -0.15) is 0 Å². The number of Topliss-reactive ketones (excluding diaryl/α,β-unsaturated/α-hetero) is 1. The molecule has 11 heteroatoms. The van der Waals surface area contributed by atoms with Gasteiger partial charge in [0.2, 0.25) is 11.8 Å². The van der Waals surface area contributed by atoms with Gasteiger partial charge in [0, 0.05) is 33.9 Å². The summed E-state index contributed by atoms with van der Waals surface area (Å²) in [4.78, 5) is 61.3. The van der Waals surface area contributed by atoms with Crippen LogP contribution in [0.25, 0.3) is 0 Å². The highest BCUT2D eigenvalue weighted by Gasteiger charge is 2.66. The lowest BCUT2D eigenvalue weighted by atomic mass is 9.81. The number of esters is 1. The molecule has 6 atom stereocenters. The summed E-state index contributed by atoms with van der Waals surface area (Å²) >= 11 is 7.25. The predicted octanol–water partition coefficient (Wildman–Crippen LogP) is 2.49. The standard InChI is InChI=1S/C20H18Br2N2O7/c21-17-11-7-12(18(17)22)16-15(11)19(27)23(20(16)28)6-5-14(26)31-8-13(25)9-1-3-10(4-2-9)24(29)30/h1-4,11-12,15-18H,5-8H2/t11-,12-,15-,16-,17+,18+/m1/s1. The number of ether oxygens (including phenoxy) is 1. The third-order valence-corrected chi connectivity index (χ3v) is 9.59. The first kappa shape index (κ1) is 22.1. The molecule has 0 spiro atoms. The smallest absolute Gasteiger partial charge is 0.308 e. The fourth-order valence-corrected chi connectivity index (χ4v) is 6.78. The number of fused-ring (bicyclic) bond motifs is 5. The van der Waals surface area contributed by atoms with Gasteiger partial charge in [-0.3, -0.25) is 34.2 Å². The van der Waals surface area contributed by atoms with Crippen LogP contribution >= 0.6 is 31.9 Å². The molecule has 1 aromatic carbocycles. The number of carbonyl (C=O) groups excluding carboxylic acids is 4. The number of non-ortho nitro benzene ring substituents is 1. The summed E-state index contributed by atoms with van der Waals surface area (Å²) in [6.45, 7) is -0.598. The van der Waals surface area contributed by atoms with Gasteiger partial charge in [-0.05, 0) is 30.4 Å². The number of benzene rings is 1. The van der Waals surface area contributed by atoms with Crippen LogP contribution in [0.4, 0.5) is 5.69 Å². The lowest BCUT2D eigenvalue weighted by Gasteiger charge is -2.28. The van der Waals surface area contributed by atoms with Crippen molar-refractivity contribution >= 4 is 61.1 Å². The molecule has 3 aliphatic rings. The Hall–Kier alpha value is -2.14. The van der Waals surface area contributed by atoms with Crippen molar-refractivity contribution in [1.82, 2.24) is 4.90 Å². The zero-order valence-electron chi connectivity index (χ0n) is 16.1. The SMILES string of the molecule is O=C(CCN1C(=O)[C@@H]2[C@H]3C[C@@H]([C@H](Br)[C@H]3Br)[C@H]2C1=O)OCC(=O)c1ccc([N+](=O)[O-])cc1. The van der Waals surface area contributed by atoms with Crippen LogP contribution in [0.2, 0.25) is 0 Å². The van der Waals surface area contributed by atoms with E-state index < -0.39 is 23.3 Å². The van der Waals surface area contributed by atoms with Gasteiger partial charge in [-0.15, -0.1) is 0 Å². The van der Waals surface area contributed by atoms with Crippen molar-refractivity contribution in [2.45, 2.75) is 22.5 Å². The zero-order valence-corrected chi connectivity index (χ0v) is 19.3. The minimum atomic E-state index is -0.701. The lowest BCUT2D eigenvalue weighted by molar-refractivity contribution is -0.384. The number of nitro groups is 1. The second-order valence-electron chi connectivity index (χ2n) is 7.97. The molecule has 2 aliphatic carbocycles. The van der Waals surface area contributed by atoms with Crippen LogP contribution in [-0.4, -0.2) is 56.2 Å². The van der Waals surface area contributed by atoms with Gasteiger partial charge in [0.25, 0.3) is 5.69 Å². The Morgan fingerprint density at radius 1 is 1.06 bits per heavy atom. The van der Waals surface area contributed by atoms with Crippen LogP contribution in [0.5, 0.6) is 0 Å². The first-order valence-corrected chi connectivity index (χ1v) is 11.6. The highest BCUT2D eigenvalue weighted by atomic mass is 79.9. The van der Waals surface area contributed by atoms with Crippen molar-refractivity contribution in [3.63, 3.8) is 0 Å². The second kappa shape index (κ2) is 8.42. The Bertz CT molecular complexity index is 935. The molecular weight excluding hydrogens is 540 g/mol. The maximum atomic E-state index is 12.8. The van der Waals surface area contributed by atoms with Crippen LogP contribution < -0.4 is 0 Å². The Labute approximate surface area is 193 Å². The van der Waals surface area contributed by atoms with E-state index in [2.05, 4.69) is 31.9 Å². The molecule has 1 saturated heterocycles. The molecule has 2 bridgehead atoms. The fourth-order valence-electron chi connectivity index (χ4n) is 4.90. The van der Waals surface area contributed by atoms with E-state index in [9.17, 15) is 29.3 Å². The number of halogens is 2. The van der Waals surface area contributed by atoms with Crippen LogP contribution in [0, 0.1) is 33.8 Å². The maximum absolute atomic E-state index is 12.8. The third kappa shape index (κ3) is 3.82. The first-order chi connectivity index (χ1) is 14.7. The summed E-state index contributed by atoms with van der Waals surface area (Å²) in [5.41, 5.74) is 0.0319. The van der Waals surface area contributed by atoms with Crippen LogP contribution in [0.15, 0.2) is 24.3 Å². The number of amides is 2. The molecule has 0 radical (unpaired) electrons. The van der Waals surface area contributed by atoms with Crippen molar-refractivity contribution in [2.24, 2.45) is 23.7 Å². The van der Waals surface area contributed by atoms with E-state index in [0.29, 0.717) is 0 Å². The number of nitro benzene ring substituents is 1. The van der Waals surface area contributed by atoms with E-state index in [1.165, 1.54) is 24.3 Å². The summed E-state index contributed by atoms with van der Waals surface area (Å²) in [5.74, 6) is -2.14. The minimum Gasteiger partial charge on any atom is -0.457 e. The molecule has 2 amide bonds. The lowest BCUT2D eigenvalue weighted by Crippen LogP contribution is -2.37. The van der Waals surface area contributed by atoms with E-state index in [1.807, 2.05) is 0 Å².